The van der Waals surface area contributed by atoms with E-state index in [-0.39, 0.29) is 12.4 Å². The molecule has 2 heterocycles. The molecule has 0 spiro atoms. The van der Waals surface area contributed by atoms with Gasteiger partial charge in [0, 0.05) is 6.20 Å². The van der Waals surface area contributed by atoms with Crippen molar-refractivity contribution in [3.05, 3.63) is 22.7 Å². The Kier molecular flexibility index (Phi) is 6.96. The number of aliphatic hydroxyl groups is 1. The second kappa shape index (κ2) is 8.43. The van der Waals surface area contributed by atoms with Crippen LogP contribution in [0, 0.1) is 0 Å². The quantitative estimate of drug-likeness (QED) is 0.555. The molecule has 166 valence electrons. The molecule has 11 nitrogen and oxygen atoms in total. The Balaban J connectivity index is 2.31. The van der Waals surface area contributed by atoms with Gasteiger partial charge in [-0.3, -0.25) is 13.6 Å². The van der Waals surface area contributed by atoms with Gasteiger partial charge in [0.1, 0.15) is 24.1 Å². The molecular weight excluding hydrogens is 405 g/mol. The van der Waals surface area contributed by atoms with Crippen LogP contribution in [-0.4, -0.2) is 55.7 Å². The van der Waals surface area contributed by atoms with E-state index < -0.39 is 49.3 Å². The van der Waals surface area contributed by atoms with Crippen molar-refractivity contribution in [2.24, 2.45) is 0 Å². The van der Waals surface area contributed by atoms with Gasteiger partial charge in [-0.05, 0) is 47.6 Å². The van der Waals surface area contributed by atoms with Gasteiger partial charge in [-0.1, -0.05) is 0 Å². The fourth-order valence-corrected chi connectivity index (χ4v) is 3.99. The molecule has 2 unspecified atom stereocenters. The van der Waals surface area contributed by atoms with Gasteiger partial charge in [0.05, 0.1) is 17.8 Å². The van der Waals surface area contributed by atoms with Gasteiger partial charge in [-0.25, -0.2) is 9.36 Å². The zero-order valence-electron chi connectivity index (χ0n) is 17.4. The minimum atomic E-state index is -4.56. The lowest BCUT2D eigenvalue weighted by Crippen LogP contribution is -2.39. The maximum Gasteiger partial charge on any atom is 0.473 e. The third-order valence-corrected chi connectivity index (χ3v) is 5.05. The van der Waals surface area contributed by atoms with E-state index in [1.54, 1.807) is 20.8 Å². The van der Waals surface area contributed by atoms with Gasteiger partial charge in [0.25, 0.3) is 0 Å². The van der Waals surface area contributed by atoms with Gasteiger partial charge >= 0.3 is 13.5 Å². The van der Waals surface area contributed by atoms with Crippen molar-refractivity contribution >= 4 is 13.6 Å². The van der Waals surface area contributed by atoms with Crippen LogP contribution in [0.15, 0.2) is 17.1 Å². The first-order valence-electron chi connectivity index (χ1n) is 9.12. The van der Waals surface area contributed by atoms with Crippen LogP contribution in [0.2, 0.25) is 0 Å². The summed E-state index contributed by atoms with van der Waals surface area (Å²) < 4.78 is 35.3. The summed E-state index contributed by atoms with van der Waals surface area (Å²) in [7, 11) is -4.56. The first-order valence-corrected chi connectivity index (χ1v) is 10.6. The maximum absolute atomic E-state index is 12.4. The average molecular weight is 435 g/mol. The van der Waals surface area contributed by atoms with E-state index in [2.05, 4.69) is 4.98 Å². The van der Waals surface area contributed by atoms with Crippen molar-refractivity contribution in [1.29, 1.82) is 0 Å². The topological polar surface area (TPSA) is 155 Å². The Bertz CT molecular complexity index is 816. The molecule has 29 heavy (non-hydrogen) atoms. The molecule has 1 aromatic rings. The molecule has 2 rings (SSSR count). The van der Waals surface area contributed by atoms with E-state index in [9.17, 15) is 19.4 Å². The van der Waals surface area contributed by atoms with Crippen LogP contribution in [-0.2, 0) is 23.1 Å². The van der Waals surface area contributed by atoms with Gasteiger partial charge < -0.3 is 25.2 Å². The number of hydrogen-bond acceptors (Lipinski definition) is 9. The van der Waals surface area contributed by atoms with Crippen LogP contribution in [0.1, 0.15) is 47.8 Å². The number of nitrogens with zero attached hydrogens (tertiary/aromatic N) is 2. The average Bonchev–Trinajstić information content (AvgIpc) is 2.78. The van der Waals surface area contributed by atoms with Crippen molar-refractivity contribution in [3.63, 3.8) is 0 Å². The van der Waals surface area contributed by atoms with Crippen LogP contribution in [0.25, 0.3) is 0 Å². The predicted octanol–water partition coefficient (Wildman–Crippen LogP) is 1.20. The van der Waals surface area contributed by atoms with Gasteiger partial charge in [0.15, 0.2) is 6.23 Å². The summed E-state index contributed by atoms with van der Waals surface area (Å²) >= 11 is 0. The monoisotopic (exact) mass is 435 g/mol. The highest BCUT2D eigenvalue weighted by molar-refractivity contribution is 7.47. The molecule has 0 bridgehead atoms. The Labute approximate surface area is 169 Å². The molecular formula is C17H30N3O8P. The summed E-state index contributed by atoms with van der Waals surface area (Å²) in [6, 6.07) is 1.37. The molecule has 0 aliphatic carbocycles. The highest BCUT2D eigenvalue weighted by Gasteiger charge is 2.50. The van der Waals surface area contributed by atoms with E-state index in [4.69, 9.17) is 24.3 Å². The number of rotatable bonds is 6. The molecule has 5 atom stereocenters. The number of nitrogens with two attached hydrogens (primary N) is 1. The van der Waals surface area contributed by atoms with Gasteiger partial charge in [-0.2, -0.15) is 4.98 Å². The van der Waals surface area contributed by atoms with E-state index >= 15 is 0 Å². The van der Waals surface area contributed by atoms with Crippen molar-refractivity contribution in [2.75, 3.05) is 12.3 Å². The lowest BCUT2D eigenvalue weighted by molar-refractivity contribution is -0.101. The molecule has 1 saturated heterocycles. The van der Waals surface area contributed by atoms with Crippen molar-refractivity contribution in [2.45, 2.75) is 77.3 Å². The van der Waals surface area contributed by atoms with E-state index in [1.165, 1.54) is 12.3 Å². The van der Waals surface area contributed by atoms with Crippen molar-refractivity contribution < 1.29 is 33.1 Å². The number of anilines is 1. The Morgan fingerprint density at radius 1 is 1.28 bits per heavy atom. The smallest absolute Gasteiger partial charge is 0.386 e. The lowest BCUT2D eigenvalue weighted by atomic mass is 10.1. The van der Waals surface area contributed by atoms with Crippen LogP contribution < -0.4 is 11.4 Å². The van der Waals surface area contributed by atoms with Crippen LogP contribution >= 0.6 is 7.82 Å². The molecule has 1 aliphatic heterocycles. The fourth-order valence-electron chi connectivity index (χ4n) is 2.69. The largest absolute Gasteiger partial charge is 0.473 e. The standard InChI is InChI=1S/C17H30N3O8P/c1-16(2,3)25-9-10-13(27-29(23,24)28-17(4,5)6)12(21)14(26-10)20-8-7-11(18)19-15(20)22/h7-8,10,12-14,21H,9H2,1-6H3,(H,23,24)(H2,18,19,22)/t10-,12+,13?,14-/m1/s1. The number of hydrogen-bond donors (Lipinski definition) is 3. The Morgan fingerprint density at radius 2 is 1.90 bits per heavy atom. The molecule has 0 amide bonds. The van der Waals surface area contributed by atoms with Gasteiger partial charge in [-0.15, -0.1) is 0 Å². The molecule has 0 radical (unpaired) electrons. The number of nitrogen functional groups attached to an aromatic ring is 1. The molecule has 1 aromatic heterocycles. The predicted molar refractivity (Wildman–Crippen MR) is 104 cm³/mol. The molecule has 12 heteroatoms. The van der Waals surface area contributed by atoms with Crippen molar-refractivity contribution in [3.8, 4) is 0 Å². The Morgan fingerprint density at radius 3 is 2.41 bits per heavy atom. The fraction of sp³-hybridized carbons (Fsp3) is 0.765. The van der Waals surface area contributed by atoms with Crippen molar-refractivity contribution in [1.82, 2.24) is 9.55 Å². The number of aromatic nitrogens is 2. The van der Waals surface area contributed by atoms with E-state index in [1.807, 2.05) is 20.8 Å². The minimum Gasteiger partial charge on any atom is -0.386 e. The summed E-state index contributed by atoms with van der Waals surface area (Å²) in [5.74, 6) is 0.0117. The lowest BCUT2D eigenvalue weighted by Gasteiger charge is -2.28. The third kappa shape index (κ3) is 6.85. The number of phosphoric ester groups is 1. The summed E-state index contributed by atoms with van der Waals surface area (Å²) in [4.78, 5) is 25.9. The minimum absolute atomic E-state index is 0.0117. The third-order valence-electron chi connectivity index (χ3n) is 3.76. The molecule has 0 saturated carbocycles. The molecule has 0 aromatic carbocycles. The highest BCUT2D eigenvalue weighted by atomic mass is 31.2. The molecule has 1 fully saturated rings. The zero-order valence-corrected chi connectivity index (χ0v) is 18.3. The number of phosphoric acid groups is 1. The first kappa shape index (κ1) is 23.9. The zero-order chi connectivity index (χ0) is 22.2. The number of ether oxygens (including phenoxy) is 2. The van der Waals surface area contributed by atoms with E-state index in [0.717, 1.165) is 4.57 Å². The Hall–Kier alpha value is -1.33. The van der Waals surface area contributed by atoms with Crippen LogP contribution in [0.3, 0.4) is 0 Å². The highest BCUT2D eigenvalue weighted by Crippen LogP contribution is 2.51. The normalized spacial score (nSPS) is 27.7. The molecule has 4 N–H and O–H groups in total. The van der Waals surface area contributed by atoms with Crippen LogP contribution in [0.4, 0.5) is 5.82 Å². The maximum atomic E-state index is 12.4. The summed E-state index contributed by atoms with van der Waals surface area (Å²) in [6.07, 6.45) is -3.64. The van der Waals surface area contributed by atoms with E-state index in [0.29, 0.717) is 0 Å². The molecule has 1 aliphatic rings. The SMILES string of the molecule is CC(C)(C)OC[C@H]1O[C@@H](n2ccc(N)nc2=O)[C@@H](O)C1OP(=O)(O)OC(C)(C)C. The van der Waals surface area contributed by atoms with Crippen LogP contribution in [0.5, 0.6) is 0 Å². The summed E-state index contributed by atoms with van der Waals surface area (Å²) in [6.45, 7) is 10.2. The van der Waals surface area contributed by atoms with Gasteiger partial charge in [0.2, 0.25) is 0 Å². The summed E-state index contributed by atoms with van der Waals surface area (Å²) in [5.41, 5.74) is 3.24. The summed E-state index contributed by atoms with van der Waals surface area (Å²) in [5, 5.41) is 10.7. The second-order valence-corrected chi connectivity index (χ2v) is 10.1. The number of aliphatic hydroxyl groups excluding tert-OH is 1. The second-order valence-electron chi connectivity index (χ2n) is 8.76. The first-order chi connectivity index (χ1) is 13.1.